The lowest BCUT2D eigenvalue weighted by atomic mass is 10.1. The minimum Gasteiger partial charge on any atom is -0.381 e. The van der Waals surface area contributed by atoms with E-state index in [1.54, 1.807) is 12.1 Å². The standard InChI is InChI=1S/C13H20N4O2S/c14-20(18,19)16-11-4-1-3-10(9-11)15-12-6-8-17-7-2-5-13(12)17/h1,3-4,9,12-13,15-16H,2,5-8H2,(H2,14,18,19). The summed E-state index contributed by atoms with van der Waals surface area (Å²) < 4.78 is 24.4. The van der Waals surface area contributed by atoms with Crippen molar-refractivity contribution in [2.45, 2.75) is 31.3 Å². The van der Waals surface area contributed by atoms with E-state index in [0.717, 1.165) is 18.7 Å². The molecule has 7 heteroatoms. The molecular weight excluding hydrogens is 276 g/mol. The largest absolute Gasteiger partial charge is 0.381 e. The van der Waals surface area contributed by atoms with Crippen LogP contribution in [0.5, 0.6) is 0 Å². The van der Waals surface area contributed by atoms with Gasteiger partial charge in [-0.15, -0.1) is 0 Å². The number of fused-ring (bicyclic) bond motifs is 1. The Kier molecular flexibility index (Phi) is 3.57. The highest BCUT2D eigenvalue weighted by Crippen LogP contribution is 2.30. The van der Waals surface area contributed by atoms with Gasteiger partial charge in [-0.3, -0.25) is 9.62 Å². The van der Waals surface area contributed by atoms with Crippen molar-refractivity contribution in [3.05, 3.63) is 24.3 Å². The van der Waals surface area contributed by atoms with Gasteiger partial charge in [0, 0.05) is 24.3 Å². The van der Waals surface area contributed by atoms with Crippen LogP contribution in [0.1, 0.15) is 19.3 Å². The summed E-state index contributed by atoms with van der Waals surface area (Å²) in [6.45, 7) is 2.35. The van der Waals surface area contributed by atoms with Crippen LogP contribution in [0, 0.1) is 0 Å². The number of benzene rings is 1. The zero-order valence-corrected chi connectivity index (χ0v) is 12.1. The third-order valence-corrected chi connectivity index (χ3v) is 4.60. The molecule has 2 unspecified atom stereocenters. The van der Waals surface area contributed by atoms with Crippen molar-refractivity contribution in [3.63, 3.8) is 0 Å². The molecule has 2 aliphatic rings. The Bertz CT molecular complexity index is 590. The maximum atomic E-state index is 11.0. The van der Waals surface area contributed by atoms with Crippen molar-refractivity contribution in [1.29, 1.82) is 0 Å². The summed E-state index contributed by atoms with van der Waals surface area (Å²) in [5, 5.41) is 8.51. The molecule has 0 aromatic heterocycles. The van der Waals surface area contributed by atoms with Gasteiger partial charge in [-0.25, -0.2) is 5.14 Å². The van der Waals surface area contributed by atoms with Gasteiger partial charge in [-0.05, 0) is 44.0 Å². The Hall–Kier alpha value is -1.31. The molecule has 2 atom stereocenters. The summed E-state index contributed by atoms with van der Waals surface area (Å²) in [6, 6.07) is 8.30. The maximum absolute atomic E-state index is 11.0. The highest BCUT2D eigenvalue weighted by atomic mass is 32.2. The van der Waals surface area contributed by atoms with Gasteiger partial charge in [0.2, 0.25) is 0 Å². The van der Waals surface area contributed by atoms with Crippen LogP contribution < -0.4 is 15.2 Å². The highest BCUT2D eigenvalue weighted by Gasteiger charge is 2.36. The molecule has 0 radical (unpaired) electrons. The summed E-state index contributed by atoms with van der Waals surface area (Å²) >= 11 is 0. The van der Waals surface area contributed by atoms with Gasteiger partial charge in [0.15, 0.2) is 0 Å². The number of rotatable bonds is 4. The molecule has 0 aliphatic carbocycles. The zero-order valence-electron chi connectivity index (χ0n) is 11.2. The lowest BCUT2D eigenvalue weighted by Crippen LogP contribution is -2.33. The van der Waals surface area contributed by atoms with Crippen molar-refractivity contribution in [3.8, 4) is 0 Å². The first-order valence-corrected chi connectivity index (χ1v) is 8.47. The molecular formula is C13H20N4O2S. The number of nitrogens with zero attached hydrogens (tertiary/aromatic N) is 1. The van der Waals surface area contributed by atoms with Crippen LogP contribution in [-0.4, -0.2) is 38.5 Å². The molecule has 1 aromatic carbocycles. The second-order valence-corrected chi connectivity index (χ2v) is 6.81. The van der Waals surface area contributed by atoms with Crippen LogP contribution in [0.4, 0.5) is 11.4 Å². The second-order valence-electron chi connectivity index (χ2n) is 5.51. The van der Waals surface area contributed by atoms with Crippen LogP contribution in [-0.2, 0) is 10.2 Å². The van der Waals surface area contributed by atoms with Gasteiger partial charge in [0.1, 0.15) is 0 Å². The number of nitrogens with one attached hydrogen (secondary N) is 2. The molecule has 3 rings (SSSR count). The average molecular weight is 296 g/mol. The molecule has 2 aliphatic heterocycles. The third-order valence-electron chi connectivity index (χ3n) is 4.08. The Balaban J connectivity index is 1.70. The molecule has 0 spiro atoms. The lowest BCUT2D eigenvalue weighted by molar-refractivity contribution is 0.318. The number of hydrogen-bond acceptors (Lipinski definition) is 4. The predicted octanol–water partition coefficient (Wildman–Crippen LogP) is 0.951. The fraction of sp³-hybridized carbons (Fsp3) is 0.538. The summed E-state index contributed by atoms with van der Waals surface area (Å²) in [4.78, 5) is 2.53. The molecule has 20 heavy (non-hydrogen) atoms. The Morgan fingerprint density at radius 2 is 2.00 bits per heavy atom. The van der Waals surface area contributed by atoms with Gasteiger partial charge in [0.25, 0.3) is 10.2 Å². The molecule has 2 heterocycles. The Labute approximate surface area is 119 Å². The van der Waals surface area contributed by atoms with E-state index in [9.17, 15) is 8.42 Å². The molecule has 2 fully saturated rings. The minimum atomic E-state index is -3.72. The minimum absolute atomic E-state index is 0.447. The van der Waals surface area contributed by atoms with E-state index >= 15 is 0 Å². The summed E-state index contributed by atoms with van der Waals surface area (Å²) in [5.41, 5.74) is 1.41. The predicted molar refractivity (Wildman–Crippen MR) is 79.8 cm³/mol. The van der Waals surface area contributed by atoms with Crippen molar-refractivity contribution in [2.24, 2.45) is 5.14 Å². The number of hydrogen-bond donors (Lipinski definition) is 3. The van der Waals surface area contributed by atoms with Crippen LogP contribution >= 0.6 is 0 Å². The first-order chi connectivity index (χ1) is 9.51. The SMILES string of the molecule is NS(=O)(=O)Nc1cccc(NC2CCN3CCCC23)c1. The zero-order chi connectivity index (χ0) is 14.2. The van der Waals surface area contributed by atoms with Gasteiger partial charge >= 0.3 is 0 Å². The van der Waals surface area contributed by atoms with Gasteiger partial charge in [-0.1, -0.05) is 6.07 Å². The van der Waals surface area contributed by atoms with E-state index in [0.29, 0.717) is 17.8 Å². The van der Waals surface area contributed by atoms with Crippen LogP contribution in [0.2, 0.25) is 0 Å². The lowest BCUT2D eigenvalue weighted by Gasteiger charge is -2.22. The molecule has 0 bridgehead atoms. The smallest absolute Gasteiger partial charge is 0.296 e. The molecule has 0 saturated carbocycles. The van der Waals surface area contributed by atoms with Crippen molar-refractivity contribution in [2.75, 3.05) is 23.1 Å². The van der Waals surface area contributed by atoms with Gasteiger partial charge in [-0.2, -0.15) is 8.42 Å². The molecule has 0 amide bonds. The summed E-state index contributed by atoms with van der Waals surface area (Å²) in [5.74, 6) is 0. The molecule has 4 N–H and O–H groups in total. The molecule has 110 valence electrons. The van der Waals surface area contributed by atoms with Crippen LogP contribution in [0.3, 0.4) is 0 Å². The van der Waals surface area contributed by atoms with E-state index < -0.39 is 10.2 Å². The monoisotopic (exact) mass is 296 g/mol. The second kappa shape index (κ2) is 5.23. The highest BCUT2D eigenvalue weighted by molar-refractivity contribution is 7.90. The van der Waals surface area contributed by atoms with Crippen molar-refractivity contribution < 1.29 is 8.42 Å². The van der Waals surface area contributed by atoms with E-state index in [1.807, 2.05) is 12.1 Å². The van der Waals surface area contributed by atoms with Crippen molar-refractivity contribution >= 4 is 21.6 Å². The number of anilines is 2. The molecule has 1 aromatic rings. The van der Waals surface area contributed by atoms with Crippen molar-refractivity contribution in [1.82, 2.24) is 4.90 Å². The number of nitrogens with two attached hydrogens (primary N) is 1. The maximum Gasteiger partial charge on any atom is 0.296 e. The molecule has 2 saturated heterocycles. The molecule has 6 nitrogen and oxygen atoms in total. The summed E-state index contributed by atoms with van der Waals surface area (Å²) in [6.07, 6.45) is 3.65. The first kappa shape index (κ1) is 13.7. The topological polar surface area (TPSA) is 87.5 Å². The quantitative estimate of drug-likeness (QED) is 0.772. The third kappa shape index (κ3) is 3.05. The van der Waals surface area contributed by atoms with Crippen LogP contribution in [0.15, 0.2) is 24.3 Å². The normalized spacial score (nSPS) is 26.4. The van der Waals surface area contributed by atoms with Gasteiger partial charge < -0.3 is 5.32 Å². The van der Waals surface area contributed by atoms with Crippen LogP contribution in [0.25, 0.3) is 0 Å². The summed E-state index contributed by atoms with van der Waals surface area (Å²) in [7, 11) is -3.72. The van der Waals surface area contributed by atoms with E-state index in [-0.39, 0.29) is 0 Å². The van der Waals surface area contributed by atoms with E-state index in [4.69, 9.17) is 5.14 Å². The Morgan fingerprint density at radius 1 is 1.20 bits per heavy atom. The average Bonchev–Trinajstić information content (AvgIpc) is 2.92. The van der Waals surface area contributed by atoms with E-state index in [2.05, 4.69) is 14.9 Å². The fourth-order valence-electron chi connectivity index (χ4n) is 3.30. The Morgan fingerprint density at radius 3 is 2.80 bits per heavy atom. The fourth-order valence-corrected chi connectivity index (χ4v) is 3.76. The first-order valence-electron chi connectivity index (χ1n) is 6.92. The van der Waals surface area contributed by atoms with E-state index in [1.165, 1.54) is 19.4 Å². The van der Waals surface area contributed by atoms with Gasteiger partial charge in [0.05, 0.1) is 5.69 Å².